The zero-order chi connectivity index (χ0) is 13.3. The molecule has 0 aliphatic carbocycles. The molecule has 18 heavy (non-hydrogen) atoms. The smallest absolute Gasteiger partial charge is 0.289 e. The Morgan fingerprint density at radius 2 is 2.11 bits per heavy atom. The van der Waals surface area contributed by atoms with E-state index in [4.69, 9.17) is 4.42 Å². The van der Waals surface area contributed by atoms with E-state index in [9.17, 15) is 9.90 Å². The first-order valence-corrected chi connectivity index (χ1v) is 5.92. The number of carbonyl (C=O) groups excluding carboxylic acids is 1. The summed E-state index contributed by atoms with van der Waals surface area (Å²) in [5, 5.41) is 10.3. The number of furan rings is 1. The number of rotatable bonds is 3. The van der Waals surface area contributed by atoms with Crippen LogP contribution in [0.15, 0.2) is 28.7 Å². The van der Waals surface area contributed by atoms with Crippen LogP contribution < -0.4 is 0 Å². The summed E-state index contributed by atoms with van der Waals surface area (Å²) in [4.78, 5) is 13.7. The summed E-state index contributed by atoms with van der Waals surface area (Å²) in [5.74, 6) is 0.143. The average Bonchev–Trinajstić information content (AvgIpc) is 2.66. The number of aliphatic hydroxyl groups is 1. The Labute approximate surface area is 106 Å². The van der Waals surface area contributed by atoms with Gasteiger partial charge in [-0.05, 0) is 19.9 Å². The highest BCUT2D eigenvalue weighted by atomic mass is 16.3. The molecular weight excluding hydrogens is 230 g/mol. The van der Waals surface area contributed by atoms with Gasteiger partial charge in [-0.3, -0.25) is 4.79 Å². The van der Waals surface area contributed by atoms with Crippen LogP contribution in [0.4, 0.5) is 0 Å². The predicted octanol–water partition coefficient (Wildman–Crippen LogP) is 2.19. The summed E-state index contributed by atoms with van der Waals surface area (Å²) in [7, 11) is 1.65. The summed E-state index contributed by atoms with van der Waals surface area (Å²) in [6, 6.07) is 7.56. The van der Waals surface area contributed by atoms with Gasteiger partial charge in [0.1, 0.15) is 5.58 Å². The third-order valence-electron chi connectivity index (χ3n) is 2.92. The van der Waals surface area contributed by atoms with Gasteiger partial charge in [0, 0.05) is 24.5 Å². The lowest BCUT2D eigenvalue weighted by Crippen LogP contribution is -2.33. The molecular formula is C14H17NO3. The largest absolute Gasteiger partial charge is 0.451 e. The van der Waals surface area contributed by atoms with Crippen molar-refractivity contribution < 1.29 is 14.3 Å². The third-order valence-corrected chi connectivity index (χ3v) is 2.92. The topological polar surface area (TPSA) is 53.7 Å². The summed E-state index contributed by atoms with van der Waals surface area (Å²) < 4.78 is 5.59. The maximum Gasteiger partial charge on any atom is 0.289 e. The number of hydrogen-bond acceptors (Lipinski definition) is 3. The van der Waals surface area contributed by atoms with E-state index < -0.39 is 6.10 Å². The summed E-state index contributed by atoms with van der Waals surface area (Å²) >= 11 is 0. The van der Waals surface area contributed by atoms with Gasteiger partial charge < -0.3 is 14.4 Å². The van der Waals surface area contributed by atoms with Gasteiger partial charge in [0.15, 0.2) is 5.76 Å². The van der Waals surface area contributed by atoms with Crippen molar-refractivity contribution in [2.45, 2.75) is 20.0 Å². The van der Waals surface area contributed by atoms with Crippen molar-refractivity contribution >= 4 is 16.9 Å². The summed E-state index contributed by atoms with van der Waals surface area (Å²) in [6.07, 6.45) is -0.552. The normalized spacial score (nSPS) is 12.7. The minimum atomic E-state index is -0.552. The van der Waals surface area contributed by atoms with Crippen molar-refractivity contribution in [3.05, 3.63) is 35.6 Å². The number of para-hydroxylation sites is 1. The third kappa shape index (κ3) is 2.24. The van der Waals surface area contributed by atoms with Crippen LogP contribution in [-0.4, -0.2) is 35.6 Å². The molecule has 0 aliphatic heterocycles. The van der Waals surface area contributed by atoms with E-state index >= 15 is 0 Å². The maximum atomic E-state index is 12.2. The van der Waals surface area contributed by atoms with Gasteiger partial charge in [-0.15, -0.1) is 0 Å². The van der Waals surface area contributed by atoms with Crippen molar-refractivity contribution in [1.29, 1.82) is 0 Å². The van der Waals surface area contributed by atoms with Crippen molar-refractivity contribution in [3.63, 3.8) is 0 Å². The molecule has 0 saturated carbocycles. The molecule has 0 fully saturated rings. The first-order chi connectivity index (χ1) is 8.50. The zero-order valence-electron chi connectivity index (χ0n) is 10.8. The van der Waals surface area contributed by atoms with Crippen LogP contribution in [0, 0.1) is 6.92 Å². The molecule has 1 amide bonds. The maximum absolute atomic E-state index is 12.2. The van der Waals surface area contributed by atoms with Gasteiger partial charge in [0.2, 0.25) is 0 Å². The molecule has 1 unspecified atom stereocenters. The molecule has 1 aromatic heterocycles. The van der Waals surface area contributed by atoms with Crippen LogP contribution >= 0.6 is 0 Å². The predicted molar refractivity (Wildman–Crippen MR) is 69.6 cm³/mol. The highest BCUT2D eigenvalue weighted by Crippen LogP contribution is 2.25. The fourth-order valence-electron chi connectivity index (χ4n) is 2.03. The van der Waals surface area contributed by atoms with E-state index in [0.717, 1.165) is 10.9 Å². The number of benzene rings is 1. The minimum Gasteiger partial charge on any atom is -0.451 e. The molecule has 0 radical (unpaired) electrons. The molecule has 2 aromatic rings. The first-order valence-electron chi connectivity index (χ1n) is 5.92. The Kier molecular flexibility index (Phi) is 3.39. The molecule has 0 spiro atoms. The van der Waals surface area contributed by atoms with Gasteiger partial charge in [-0.2, -0.15) is 0 Å². The van der Waals surface area contributed by atoms with Gasteiger partial charge in [0.25, 0.3) is 5.91 Å². The van der Waals surface area contributed by atoms with E-state index in [1.807, 2.05) is 31.2 Å². The van der Waals surface area contributed by atoms with Crippen molar-refractivity contribution in [2.24, 2.45) is 0 Å². The van der Waals surface area contributed by atoms with Crippen molar-refractivity contribution in [2.75, 3.05) is 13.6 Å². The Hall–Kier alpha value is -1.81. The molecule has 1 N–H and O–H groups in total. The quantitative estimate of drug-likeness (QED) is 0.904. The van der Waals surface area contributed by atoms with E-state index in [1.54, 1.807) is 14.0 Å². The van der Waals surface area contributed by atoms with Gasteiger partial charge >= 0.3 is 0 Å². The van der Waals surface area contributed by atoms with Gasteiger partial charge in [-0.1, -0.05) is 18.2 Å². The molecule has 1 heterocycles. The zero-order valence-corrected chi connectivity index (χ0v) is 10.8. The fourth-order valence-corrected chi connectivity index (χ4v) is 2.03. The van der Waals surface area contributed by atoms with E-state index in [-0.39, 0.29) is 12.5 Å². The number of fused-ring (bicyclic) bond motifs is 1. The summed E-state index contributed by atoms with van der Waals surface area (Å²) in [6.45, 7) is 3.81. The minimum absolute atomic E-state index is 0.204. The van der Waals surface area contributed by atoms with Gasteiger partial charge in [0.05, 0.1) is 6.10 Å². The highest BCUT2D eigenvalue weighted by molar-refractivity contribution is 5.98. The monoisotopic (exact) mass is 247 g/mol. The molecule has 2 rings (SSSR count). The number of carbonyl (C=O) groups is 1. The molecule has 96 valence electrons. The average molecular weight is 247 g/mol. The van der Waals surface area contributed by atoms with E-state index in [1.165, 1.54) is 4.90 Å². The lowest BCUT2D eigenvalue weighted by atomic mass is 10.1. The Morgan fingerprint density at radius 3 is 2.72 bits per heavy atom. The van der Waals surface area contributed by atoms with E-state index in [0.29, 0.717) is 11.3 Å². The second-order valence-electron chi connectivity index (χ2n) is 4.59. The molecule has 4 nitrogen and oxygen atoms in total. The molecule has 4 heteroatoms. The molecule has 0 saturated heterocycles. The number of nitrogens with zero attached hydrogens (tertiary/aromatic N) is 1. The van der Waals surface area contributed by atoms with Crippen molar-refractivity contribution in [3.8, 4) is 0 Å². The number of likely N-dealkylation sites (N-methyl/N-ethyl adjacent to an activating group) is 1. The molecule has 0 bridgehead atoms. The number of amides is 1. The second-order valence-corrected chi connectivity index (χ2v) is 4.59. The number of aliphatic hydroxyl groups excluding tert-OH is 1. The van der Waals surface area contributed by atoms with Crippen LogP contribution in [0.25, 0.3) is 11.0 Å². The number of hydrogen-bond donors (Lipinski definition) is 1. The Morgan fingerprint density at radius 1 is 1.44 bits per heavy atom. The second kappa shape index (κ2) is 4.82. The van der Waals surface area contributed by atoms with Gasteiger partial charge in [-0.25, -0.2) is 0 Å². The standard InChI is InChI=1S/C14H17NO3/c1-9(16)8-15(3)14(17)13-10(2)11-6-4-5-7-12(11)18-13/h4-7,9,16H,8H2,1-3H3. The Bertz CT molecular complexity index is 571. The molecule has 0 aliphatic rings. The lowest BCUT2D eigenvalue weighted by Gasteiger charge is -2.17. The van der Waals surface area contributed by atoms with Crippen molar-refractivity contribution in [1.82, 2.24) is 4.90 Å². The summed E-state index contributed by atoms with van der Waals surface area (Å²) in [5.41, 5.74) is 1.55. The van der Waals surface area contributed by atoms with Crippen LogP contribution in [0.5, 0.6) is 0 Å². The molecule has 1 aromatic carbocycles. The highest BCUT2D eigenvalue weighted by Gasteiger charge is 2.21. The fraction of sp³-hybridized carbons (Fsp3) is 0.357. The number of aryl methyl sites for hydroxylation is 1. The first kappa shape index (κ1) is 12.6. The lowest BCUT2D eigenvalue weighted by molar-refractivity contribution is 0.0675. The molecule has 1 atom stereocenters. The Balaban J connectivity index is 2.36. The SMILES string of the molecule is Cc1c(C(=O)N(C)CC(C)O)oc2ccccc12. The van der Waals surface area contributed by atoms with Crippen LogP contribution in [0.3, 0.4) is 0 Å². The van der Waals surface area contributed by atoms with Crippen LogP contribution in [0.2, 0.25) is 0 Å². The van der Waals surface area contributed by atoms with Crippen LogP contribution in [-0.2, 0) is 0 Å². The van der Waals surface area contributed by atoms with E-state index in [2.05, 4.69) is 0 Å². The van der Waals surface area contributed by atoms with Crippen LogP contribution in [0.1, 0.15) is 23.0 Å².